The molecule has 0 atom stereocenters. The predicted molar refractivity (Wildman–Crippen MR) is 137 cm³/mol. The van der Waals surface area contributed by atoms with E-state index in [-0.39, 0.29) is 5.57 Å². The molecule has 0 spiro atoms. The molecule has 8 heteroatoms. The normalized spacial score (nSPS) is 15.0. The zero-order chi connectivity index (χ0) is 24.2. The second-order valence-electron chi connectivity index (χ2n) is 7.51. The zero-order valence-corrected chi connectivity index (χ0v) is 21.4. The van der Waals surface area contributed by atoms with Gasteiger partial charge in [-0.3, -0.25) is 14.9 Å². The second-order valence-corrected chi connectivity index (χ2v) is 9.22. The van der Waals surface area contributed by atoms with Crippen LogP contribution in [0, 0.1) is 0 Å². The van der Waals surface area contributed by atoms with Gasteiger partial charge in [0.15, 0.2) is 0 Å². The van der Waals surface area contributed by atoms with Crippen LogP contribution in [0.25, 0.3) is 6.08 Å². The Hall–Kier alpha value is -3.23. The van der Waals surface area contributed by atoms with Crippen LogP contribution in [0.4, 0.5) is 10.5 Å². The largest absolute Gasteiger partial charge is 0.488 e. The van der Waals surface area contributed by atoms with Crippen molar-refractivity contribution in [3.05, 3.63) is 97.9 Å². The summed E-state index contributed by atoms with van der Waals surface area (Å²) in [5.74, 6) is -0.781. The summed E-state index contributed by atoms with van der Waals surface area (Å²) in [7, 11) is 0. The van der Waals surface area contributed by atoms with Gasteiger partial charge < -0.3 is 4.74 Å². The number of carbonyl (C=O) groups is 3. The van der Waals surface area contributed by atoms with Crippen LogP contribution >= 0.6 is 31.9 Å². The zero-order valence-electron chi connectivity index (χ0n) is 18.2. The number of imide groups is 2. The minimum atomic E-state index is -0.759. The van der Waals surface area contributed by atoms with Crippen LogP contribution in [-0.4, -0.2) is 17.8 Å². The van der Waals surface area contributed by atoms with Crippen LogP contribution < -0.4 is 15.0 Å². The van der Waals surface area contributed by atoms with Crippen molar-refractivity contribution >= 4 is 61.5 Å². The molecule has 3 aromatic carbocycles. The first kappa shape index (κ1) is 23.9. The average molecular weight is 584 g/mol. The predicted octanol–water partition coefficient (Wildman–Crippen LogP) is 6.02. The van der Waals surface area contributed by atoms with Gasteiger partial charge in [0.1, 0.15) is 17.9 Å². The number of nitrogens with zero attached hydrogens (tertiary/aromatic N) is 1. The maximum absolute atomic E-state index is 13.2. The number of barbiturate groups is 1. The maximum Gasteiger partial charge on any atom is 0.335 e. The molecule has 172 valence electrons. The lowest BCUT2D eigenvalue weighted by Gasteiger charge is -2.28. The summed E-state index contributed by atoms with van der Waals surface area (Å²) in [6.45, 7) is 2.31. The first-order chi connectivity index (χ1) is 16.4. The van der Waals surface area contributed by atoms with E-state index in [0.717, 1.165) is 20.5 Å². The Morgan fingerprint density at radius 3 is 2.32 bits per heavy atom. The van der Waals surface area contributed by atoms with Crippen molar-refractivity contribution in [3.8, 4) is 5.75 Å². The quantitative estimate of drug-likeness (QED) is 0.284. The van der Waals surface area contributed by atoms with Gasteiger partial charge in [-0.2, -0.15) is 0 Å². The van der Waals surface area contributed by atoms with E-state index in [1.54, 1.807) is 30.3 Å². The molecule has 0 unspecified atom stereocenters. The monoisotopic (exact) mass is 582 g/mol. The molecular weight excluding hydrogens is 564 g/mol. The Bertz CT molecular complexity index is 1320. The molecule has 4 rings (SSSR count). The average Bonchev–Trinajstić information content (AvgIpc) is 2.82. The van der Waals surface area contributed by atoms with Gasteiger partial charge in [-0.05, 0) is 63.8 Å². The highest BCUT2D eigenvalue weighted by molar-refractivity contribution is 9.10. The number of hydrogen-bond donors (Lipinski definition) is 1. The Balaban J connectivity index is 1.59. The van der Waals surface area contributed by atoms with Gasteiger partial charge >= 0.3 is 6.03 Å². The van der Waals surface area contributed by atoms with Gasteiger partial charge in [0, 0.05) is 10.0 Å². The molecule has 1 fully saturated rings. The number of nitrogens with one attached hydrogen (secondary N) is 1. The number of urea groups is 1. The maximum atomic E-state index is 13.2. The molecule has 1 saturated heterocycles. The van der Waals surface area contributed by atoms with Crippen LogP contribution in [0.2, 0.25) is 0 Å². The fourth-order valence-corrected chi connectivity index (χ4v) is 4.48. The third kappa shape index (κ3) is 4.98. The van der Waals surface area contributed by atoms with Crippen molar-refractivity contribution in [3.63, 3.8) is 0 Å². The fourth-order valence-electron chi connectivity index (χ4n) is 3.57. The minimum absolute atomic E-state index is 0.126. The van der Waals surface area contributed by atoms with E-state index in [1.807, 2.05) is 43.3 Å². The molecule has 34 heavy (non-hydrogen) atoms. The highest BCUT2D eigenvalue weighted by Crippen LogP contribution is 2.30. The molecule has 1 aliphatic heterocycles. The van der Waals surface area contributed by atoms with Crippen LogP contribution in [0.1, 0.15) is 23.6 Å². The van der Waals surface area contributed by atoms with Crippen molar-refractivity contribution in [2.24, 2.45) is 0 Å². The third-order valence-electron chi connectivity index (χ3n) is 5.32. The molecule has 0 radical (unpaired) electrons. The highest BCUT2D eigenvalue weighted by Gasteiger charge is 2.37. The van der Waals surface area contributed by atoms with Gasteiger partial charge in [-0.25, -0.2) is 9.69 Å². The number of anilines is 1. The summed E-state index contributed by atoms with van der Waals surface area (Å²) in [5, 5.41) is 2.27. The van der Waals surface area contributed by atoms with E-state index in [2.05, 4.69) is 37.2 Å². The van der Waals surface area contributed by atoms with Gasteiger partial charge in [0.25, 0.3) is 11.8 Å². The van der Waals surface area contributed by atoms with Crippen molar-refractivity contribution in [1.82, 2.24) is 5.32 Å². The molecule has 0 bridgehead atoms. The third-order valence-corrected chi connectivity index (χ3v) is 6.72. The van der Waals surface area contributed by atoms with E-state index in [0.29, 0.717) is 34.5 Å². The summed E-state index contributed by atoms with van der Waals surface area (Å²) >= 11 is 7.00. The highest BCUT2D eigenvalue weighted by atomic mass is 79.9. The Labute approximate surface area is 213 Å². The Kier molecular flexibility index (Phi) is 7.29. The first-order valence-corrected chi connectivity index (χ1v) is 12.1. The van der Waals surface area contributed by atoms with E-state index >= 15 is 0 Å². The number of rotatable bonds is 6. The lowest BCUT2D eigenvalue weighted by molar-refractivity contribution is -0.122. The minimum Gasteiger partial charge on any atom is -0.488 e. The first-order valence-electron chi connectivity index (χ1n) is 10.5. The number of hydrogen-bond acceptors (Lipinski definition) is 4. The molecular formula is C26H20Br2N2O4. The van der Waals surface area contributed by atoms with Gasteiger partial charge in [-0.15, -0.1) is 0 Å². The number of carbonyl (C=O) groups excluding carboxylic acids is 3. The van der Waals surface area contributed by atoms with Gasteiger partial charge in [0.05, 0.1) is 10.2 Å². The lowest BCUT2D eigenvalue weighted by atomic mass is 10.0. The number of para-hydroxylation sites is 1. The van der Waals surface area contributed by atoms with E-state index in [1.165, 1.54) is 6.08 Å². The standard InChI is InChI=1S/C26H20Br2N2O4/c1-2-17-7-4-6-10-22(17)30-25(32)19(24(31)29-26(30)33)13-16-11-12-23(21(28)14-16)34-15-18-8-3-5-9-20(18)27/h3-14H,2,15H2,1H3,(H,29,31,33)/b19-13-. The van der Waals surface area contributed by atoms with E-state index < -0.39 is 17.8 Å². The molecule has 0 aliphatic carbocycles. The number of ether oxygens (including phenoxy) is 1. The van der Waals surface area contributed by atoms with Crippen molar-refractivity contribution in [1.29, 1.82) is 0 Å². The lowest BCUT2D eigenvalue weighted by Crippen LogP contribution is -2.54. The van der Waals surface area contributed by atoms with Crippen molar-refractivity contribution < 1.29 is 19.1 Å². The summed E-state index contributed by atoms with van der Waals surface area (Å²) in [5.41, 5.74) is 2.77. The fraction of sp³-hybridized carbons (Fsp3) is 0.115. The Morgan fingerprint density at radius 1 is 0.912 bits per heavy atom. The molecule has 1 aliphatic rings. The van der Waals surface area contributed by atoms with Crippen molar-refractivity contribution in [2.45, 2.75) is 20.0 Å². The number of aryl methyl sites for hydroxylation is 1. The molecule has 4 amide bonds. The van der Waals surface area contributed by atoms with Gasteiger partial charge in [0.2, 0.25) is 0 Å². The number of amides is 4. The molecule has 0 aromatic heterocycles. The summed E-state index contributed by atoms with van der Waals surface area (Å²) < 4.78 is 7.53. The topological polar surface area (TPSA) is 75.7 Å². The second kappa shape index (κ2) is 10.4. The van der Waals surface area contributed by atoms with Gasteiger partial charge in [-0.1, -0.05) is 65.3 Å². The van der Waals surface area contributed by atoms with Crippen LogP contribution in [0.5, 0.6) is 5.75 Å². The van der Waals surface area contributed by atoms with Crippen LogP contribution in [0.3, 0.4) is 0 Å². The summed E-state index contributed by atoms with van der Waals surface area (Å²) in [6, 6.07) is 19.4. The number of halogens is 2. The summed E-state index contributed by atoms with van der Waals surface area (Å²) in [6.07, 6.45) is 2.10. The Morgan fingerprint density at radius 2 is 1.62 bits per heavy atom. The van der Waals surface area contributed by atoms with Crippen LogP contribution in [0.15, 0.2) is 81.2 Å². The number of benzene rings is 3. The molecule has 6 nitrogen and oxygen atoms in total. The van der Waals surface area contributed by atoms with E-state index in [9.17, 15) is 14.4 Å². The molecule has 1 N–H and O–H groups in total. The SMILES string of the molecule is CCc1ccccc1N1C(=O)NC(=O)/C(=C/c2ccc(OCc3ccccc3Br)c(Br)c2)C1=O. The molecule has 3 aromatic rings. The van der Waals surface area contributed by atoms with E-state index in [4.69, 9.17) is 4.74 Å². The molecule has 1 heterocycles. The smallest absolute Gasteiger partial charge is 0.335 e. The summed E-state index contributed by atoms with van der Waals surface area (Å²) in [4.78, 5) is 39.2. The van der Waals surface area contributed by atoms with Crippen LogP contribution in [-0.2, 0) is 22.6 Å². The molecule has 0 saturated carbocycles. The van der Waals surface area contributed by atoms with Crippen molar-refractivity contribution in [2.75, 3.05) is 4.90 Å².